The molecule has 688 valence electrons. The zero-order chi connectivity index (χ0) is 93.3. The number of aliphatic hydroxyl groups excluding tert-OH is 4. The third-order valence-electron chi connectivity index (χ3n) is 29.9. The molecule has 4 fully saturated rings. The number of piperidine rings is 4. The van der Waals surface area contributed by atoms with E-state index >= 15 is 0 Å². The molecule has 4 saturated heterocycles. The molecular weight excluding hydrogens is 1840 g/mol. The molecule has 9 heterocycles. The summed E-state index contributed by atoms with van der Waals surface area (Å²) in [6, 6.07) is 56.6. The van der Waals surface area contributed by atoms with Gasteiger partial charge in [0.2, 0.25) is 0 Å². The Balaban J connectivity index is 0.000000119. The molecular formula is C105H111BrCl5N17O5. The molecule has 5 aromatic heterocycles. The summed E-state index contributed by atoms with van der Waals surface area (Å²) in [6.45, 7) is 17.2. The second-order valence-corrected chi connectivity index (χ2v) is 40.3. The summed E-state index contributed by atoms with van der Waals surface area (Å²) >= 11 is 35.5. The van der Waals surface area contributed by atoms with Gasteiger partial charge in [0.05, 0.1) is 97.1 Å². The van der Waals surface area contributed by atoms with E-state index in [9.17, 15) is 25.2 Å². The number of fused-ring (bicyclic) bond motifs is 5. The van der Waals surface area contributed by atoms with Crippen molar-refractivity contribution in [2.45, 2.75) is 169 Å². The van der Waals surface area contributed by atoms with Crippen LogP contribution in [-0.2, 0) is 52.1 Å². The van der Waals surface area contributed by atoms with E-state index in [-0.39, 0.29) is 78.0 Å². The molecule has 0 unspecified atom stereocenters. The number of benzene rings is 8. The first-order chi connectivity index (χ1) is 64.1. The van der Waals surface area contributed by atoms with E-state index in [1.165, 1.54) is 38.9 Å². The van der Waals surface area contributed by atoms with E-state index in [1.807, 2.05) is 107 Å². The Bertz CT molecular complexity index is 6590. The summed E-state index contributed by atoms with van der Waals surface area (Å²) < 4.78 is 1.10. The van der Waals surface area contributed by atoms with Gasteiger partial charge in [0.1, 0.15) is 28.5 Å². The van der Waals surface area contributed by atoms with Gasteiger partial charge >= 0.3 is 0 Å². The summed E-state index contributed by atoms with van der Waals surface area (Å²) in [4.78, 5) is 63.0. The maximum atomic E-state index is 11.8. The number of rotatable bonds is 13. The Morgan fingerprint density at radius 1 is 0.391 bits per heavy atom. The van der Waals surface area contributed by atoms with Crippen molar-refractivity contribution in [2.75, 3.05) is 72.0 Å². The lowest BCUT2D eigenvalue weighted by Gasteiger charge is -2.43. The van der Waals surface area contributed by atoms with Gasteiger partial charge in [0.15, 0.2) is 29.1 Å². The van der Waals surface area contributed by atoms with Gasteiger partial charge in [-0.1, -0.05) is 207 Å². The number of carbonyl (C=O) groups excluding carboxylic acids is 1. The third-order valence-corrected chi connectivity index (χ3v) is 32.7. The number of para-hydroxylation sites is 1. The lowest BCUT2D eigenvalue weighted by molar-refractivity contribution is 0.101. The number of H-pyrrole nitrogens is 1. The molecule has 4 aliphatic carbocycles. The number of anilines is 4. The van der Waals surface area contributed by atoms with Crippen molar-refractivity contribution >= 4 is 114 Å². The smallest absolute Gasteiger partial charge is 0.159 e. The van der Waals surface area contributed by atoms with Crippen molar-refractivity contribution in [3.8, 4) is 45.2 Å². The first-order valence-electron chi connectivity index (χ1n) is 45.8. The van der Waals surface area contributed by atoms with Crippen LogP contribution in [0.25, 0.3) is 56.1 Å². The van der Waals surface area contributed by atoms with Gasteiger partial charge in [0.25, 0.3) is 0 Å². The van der Waals surface area contributed by atoms with E-state index in [1.54, 1.807) is 19.1 Å². The van der Waals surface area contributed by atoms with Crippen molar-refractivity contribution in [3.63, 3.8) is 0 Å². The van der Waals surface area contributed by atoms with Crippen LogP contribution in [-0.4, -0.2) is 123 Å². The Hall–Kier alpha value is -9.90. The van der Waals surface area contributed by atoms with E-state index in [2.05, 4.69) is 125 Å². The molecule has 0 radical (unpaired) electrons. The standard InChI is InChI=1S/C27H28Cl2N4O2.C27H29N5O.C26H29ClN4O.C25H25BrCl2N4O/c1-15-24(20-4-3-5-21(28)23(20)29)32-22(14-34)26(31-15)33-10-8-27(9-11-33)13-18-12-17(16(2)35)6-7-19(18)25(27)30;1-17-24(22-14-18-6-3-5-9-21(18)30-22)31-23(16-33)26(29-17)32-12-10-27(11-13-32)15-19-7-2-4-8-20(19)25(27)28;1-16-6-5-9-20(22(16)27)23-17(2)29-25(21(15-32)30-23)31-12-10-26(11-13-31)14-18-7-3-4-8-19(18)24(26)28;1-14-22(16-5-3-7-18(27)21(16)28)31-19(13-33)24(30-14)32-10-8-25(9-11-32)12-15-4-2-6-17(26)20(15)23(25)29/h3-7,12,25,34H,8-11,13-14,30H2,1-2H3;2-9,14,25,30,33H,10-13,15-16,28H2,1H3;3-9,24,32H,10-15,28H2,1-2H3;2-7,23,33H,8-13,29H2,1H3/t2*25-;24-;23-/m1111/s1. The monoisotopic (exact) mass is 1940 g/mol. The molecule has 4 spiro atoms. The molecule has 22 nitrogen and oxygen atoms in total. The van der Waals surface area contributed by atoms with Crippen molar-refractivity contribution in [1.82, 2.24) is 44.9 Å². The molecule has 4 aliphatic heterocycles. The predicted molar refractivity (Wildman–Crippen MR) is 536 cm³/mol. The van der Waals surface area contributed by atoms with Crippen LogP contribution in [0.4, 0.5) is 23.3 Å². The SMILES string of the molecule is CC(=O)c1ccc2c(c1)CC1(CCN(c3nc(C)c(-c4cccc(Cl)c4Cl)nc3CO)CC1)[C@@H]2N.Cc1cccc(-c2nc(CO)c(N3CCC4(CC3)Cc3ccccc3[C@H]4N)nc2C)c1Cl.Cc1nc(N2CCC3(CC2)Cc2cccc(Br)c2[C@H]3N)c(CO)nc1-c1cccc(Cl)c1Cl.Cc1nc(N2CCC3(CC2)Cc2ccccc2[C@H]3N)c(CO)nc1-c1cc2ccccc2[nH]1. The number of nitrogens with zero attached hydrogens (tertiary/aromatic N) is 12. The second kappa shape index (κ2) is 38.3. The van der Waals surface area contributed by atoms with Gasteiger partial charge in [-0.2, -0.15) is 0 Å². The third kappa shape index (κ3) is 17.6. The average molecular weight is 1950 g/mol. The minimum absolute atomic E-state index is 0.0164. The maximum absolute atomic E-state index is 11.8. The highest BCUT2D eigenvalue weighted by atomic mass is 79.9. The number of aryl methyl sites for hydroxylation is 5. The van der Waals surface area contributed by atoms with Crippen LogP contribution < -0.4 is 42.5 Å². The molecule has 13 N–H and O–H groups in total. The van der Waals surface area contributed by atoms with Gasteiger partial charge < -0.3 is 67.9 Å². The number of hydrogen-bond donors (Lipinski definition) is 9. The van der Waals surface area contributed by atoms with E-state index in [0.717, 1.165) is 224 Å². The fourth-order valence-corrected chi connectivity index (χ4v) is 23.9. The molecule has 0 saturated carbocycles. The Morgan fingerprint density at radius 3 is 1.14 bits per heavy atom. The highest BCUT2D eigenvalue weighted by molar-refractivity contribution is 9.10. The number of Topliss-reactive ketones (excluding diaryl/α,β-unsaturated/α-hetero) is 1. The van der Waals surface area contributed by atoms with E-state index in [0.29, 0.717) is 76.2 Å². The number of halogens is 6. The highest BCUT2D eigenvalue weighted by Crippen LogP contribution is 2.57. The molecule has 4 atom stereocenters. The molecule has 0 amide bonds. The normalized spacial score (nSPS) is 19.2. The Labute approximate surface area is 809 Å². The van der Waals surface area contributed by atoms with Crippen LogP contribution in [0, 0.1) is 56.3 Å². The van der Waals surface area contributed by atoms with Gasteiger partial charge in [-0.3, -0.25) is 4.79 Å². The molecule has 21 rings (SSSR count). The number of nitrogens with one attached hydrogen (secondary N) is 1. The fraction of sp³-hybridized carbons (Fsp3) is 0.362. The fourth-order valence-electron chi connectivity index (χ4n) is 22.3. The number of aromatic nitrogens is 9. The van der Waals surface area contributed by atoms with E-state index in [4.69, 9.17) is 121 Å². The average Bonchev–Trinajstić information content (AvgIpc) is 1.61. The molecule has 28 heteroatoms. The van der Waals surface area contributed by atoms with Crippen LogP contribution >= 0.6 is 73.9 Å². The van der Waals surface area contributed by atoms with Crippen LogP contribution in [0.5, 0.6) is 0 Å². The minimum Gasteiger partial charge on any atom is -0.390 e. The van der Waals surface area contributed by atoms with Gasteiger partial charge in [-0.25, -0.2) is 39.9 Å². The lowest BCUT2D eigenvalue weighted by atomic mass is 9.73. The van der Waals surface area contributed by atoms with Gasteiger partial charge in [0, 0.05) is 114 Å². The summed E-state index contributed by atoms with van der Waals surface area (Å²) in [7, 11) is 0. The van der Waals surface area contributed by atoms with Crippen LogP contribution in [0.3, 0.4) is 0 Å². The van der Waals surface area contributed by atoms with Crippen molar-refractivity contribution in [3.05, 3.63) is 301 Å². The van der Waals surface area contributed by atoms with Gasteiger partial charge in [-0.15, -0.1) is 0 Å². The number of ketones is 1. The summed E-state index contributed by atoms with van der Waals surface area (Å²) in [5.41, 5.74) is 51.8. The largest absolute Gasteiger partial charge is 0.390 e. The number of aromatic amines is 1. The first kappa shape index (κ1) is 93.5. The number of hydrogen-bond acceptors (Lipinski definition) is 21. The Morgan fingerprint density at radius 2 is 0.737 bits per heavy atom. The summed E-state index contributed by atoms with van der Waals surface area (Å²) in [5, 5.41) is 44.1. The molecule has 8 aromatic carbocycles. The first-order valence-corrected chi connectivity index (χ1v) is 48.5. The number of carbonyl (C=O) groups is 1. The van der Waals surface area contributed by atoms with Crippen molar-refractivity contribution in [1.29, 1.82) is 0 Å². The topological polar surface area (TPSA) is 334 Å². The van der Waals surface area contributed by atoms with Crippen molar-refractivity contribution in [2.24, 2.45) is 44.6 Å². The molecule has 8 aliphatic rings. The second-order valence-electron chi connectivity index (χ2n) is 37.4. The van der Waals surface area contributed by atoms with Crippen LogP contribution in [0.15, 0.2) is 174 Å². The predicted octanol–water partition coefficient (Wildman–Crippen LogP) is 20.2. The van der Waals surface area contributed by atoms with Gasteiger partial charge in [-0.05, 0) is 227 Å². The highest BCUT2D eigenvalue weighted by Gasteiger charge is 2.51. The summed E-state index contributed by atoms with van der Waals surface area (Å²) in [6.07, 6.45) is 11.7. The number of nitrogens with two attached hydrogens (primary N) is 4. The van der Waals surface area contributed by atoms with E-state index < -0.39 is 0 Å². The lowest BCUT2D eigenvalue weighted by Crippen LogP contribution is -2.45. The maximum Gasteiger partial charge on any atom is 0.159 e. The minimum atomic E-state index is -0.228. The summed E-state index contributed by atoms with van der Waals surface area (Å²) in [5.74, 6) is 3.08. The van der Waals surface area contributed by atoms with Crippen LogP contribution in [0.1, 0.15) is 188 Å². The quantitative estimate of drug-likeness (QED) is 0.0484. The number of aliphatic hydroxyl groups is 4. The zero-order valence-electron chi connectivity index (χ0n) is 75.6. The zero-order valence-corrected chi connectivity index (χ0v) is 81.0. The Kier molecular flexibility index (Phi) is 27.0. The molecule has 133 heavy (non-hydrogen) atoms. The molecule has 0 bridgehead atoms. The molecule has 13 aromatic rings. The van der Waals surface area contributed by atoms with Crippen molar-refractivity contribution < 1.29 is 25.2 Å². The van der Waals surface area contributed by atoms with Crippen LogP contribution in [0.2, 0.25) is 25.1 Å².